The first kappa shape index (κ1) is 13.1. The normalized spacial score (nSPS) is 17.6. The minimum Gasteiger partial charge on any atom is -0.365 e. The molecule has 1 unspecified atom stereocenters. The fourth-order valence-electron chi connectivity index (χ4n) is 2.75. The number of Topliss-reactive ketones (excluding diaryl/α,β-unsaturated/α-hetero) is 1. The van der Waals surface area contributed by atoms with Gasteiger partial charge < -0.3 is 4.74 Å². The van der Waals surface area contributed by atoms with Gasteiger partial charge in [-0.15, -0.1) is 0 Å². The maximum absolute atomic E-state index is 12.8. The van der Waals surface area contributed by atoms with Crippen molar-refractivity contribution >= 4 is 5.78 Å². The zero-order chi connectivity index (χ0) is 14.1. The van der Waals surface area contributed by atoms with Gasteiger partial charge in [-0.25, -0.2) is 0 Å². The van der Waals surface area contributed by atoms with Crippen LogP contribution in [0.2, 0.25) is 0 Å². The molecule has 1 aliphatic heterocycles. The lowest BCUT2D eigenvalue weighted by atomic mass is 9.90. The molecule has 0 aliphatic carbocycles. The predicted octanol–water partition coefficient (Wildman–Crippen LogP) is 3.80. The average Bonchev–Trinajstić information content (AvgIpc) is 2.48. The molecule has 2 aromatic carbocycles. The molecule has 2 aromatic rings. The number of rotatable bonds is 2. The van der Waals surface area contributed by atoms with Gasteiger partial charge in [0.05, 0.1) is 6.61 Å². The highest BCUT2D eigenvalue weighted by atomic mass is 16.5. The number of carbonyl (C=O) groups is 1. The number of aryl methyl sites for hydroxylation is 2. The average molecular weight is 266 g/mol. The molecule has 0 spiro atoms. The van der Waals surface area contributed by atoms with Gasteiger partial charge in [-0.05, 0) is 43.0 Å². The van der Waals surface area contributed by atoms with Crippen LogP contribution >= 0.6 is 0 Å². The number of carbonyl (C=O) groups excluding carboxylic acids is 1. The molecular weight excluding hydrogens is 248 g/mol. The summed E-state index contributed by atoms with van der Waals surface area (Å²) in [6, 6.07) is 14.1. The van der Waals surface area contributed by atoms with Crippen LogP contribution in [0.4, 0.5) is 0 Å². The van der Waals surface area contributed by atoms with Crippen molar-refractivity contribution in [1.82, 2.24) is 0 Å². The van der Waals surface area contributed by atoms with Crippen LogP contribution in [0.1, 0.15) is 38.7 Å². The van der Waals surface area contributed by atoms with Gasteiger partial charge in [0.1, 0.15) is 6.10 Å². The van der Waals surface area contributed by atoms with Gasteiger partial charge in [0.15, 0.2) is 5.78 Å². The number of hydrogen-bond donors (Lipinski definition) is 0. The molecule has 1 aliphatic rings. The Morgan fingerprint density at radius 2 is 1.95 bits per heavy atom. The topological polar surface area (TPSA) is 26.3 Å². The molecule has 0 saturated carbocycles. The molecule has 3 rings (SSSR count). The van der Waals surface area contributed by atoms with Gasteiger partial charge in [-0.3, -0.25) is 4.79 Å². The summed E-state index contributed by atoms with van der Waals surface area (Å²) in [5, 5.41) is 0. The number of hydrogen-bond acceptors (Lipinski definition) is 2. The largest absolute Gasteiger partial charge is 0.365 e. The third kappa shape index (κ3) is 2.27. The SMILES string of the molecule is Cc1ccc(C)c(C(=O)C2OCCc3ccccc32)c1. The number of ether oxygens (including phenoxy) is 1. The summed E-state index contributed by atoms with van der Waals surface area (Å²) in [6.07, 6.45) is 0.424. The lowest BCUT2D eigenvalue weighted by molar-refractivity contribution is 0.0348. The minimum atomic E-state index is -0.458. The summed E-state index contributed by atoms with van der Waals surface area (Å²) in [5.74, 6) is 0.0679. The van der Waals surface area contributed by atoms with Crippen LogP contribution in [-0.4, -0.2) is 12.4 Å². The molecule has 1 atom stereocenters. The molecule has 0 amide bonds. The number of fused-ring (bicyclic) bond motifs is 1. The van der Waals surface area contributed by atoms with Gasteiger partial charge in [0, 0.05) is 5.56 Å². The second kappa shape index (κ2) is 5.22. The lowest BCUT2D eigenvalue weighted by Crippen LogP contribution is -2.24. The van der Waals surface area contributed by atoms with Crippen LogP contribution in [0.25, 0.3) is 0 Å². The van der Waals surface area contributed by atoms with Gasteiger partial charge in [0.2, 0.25) is 0 Å². The first-order chi connectivity index (χ1) is 9.66. The van der Waals surface area contributed by atoms with Crippen LogP contribution < -0.4 is 0 Å². The van der Waals surface area contributed by atoms with Gasteiger partial charge >= 0.3 is 0 Å². The maximum Gasteiger partial charge on any atom is 0.196 e. The Bertz CT molecular complexity index is 658. The molecule has 0 radical (unpaired) electrons. The van der Waals surface area contributed by atoms with E-state index in [1.54, 1.807) is 0 Å². The highest BCUT2D eigenvalue weighted by Gasteiger charge is 2.28. The molecule has 2 heteroatoms. The van der Waals surface area contributed by atoms with Crippen molar-refractivity contribution in [1.29, 1.82) is 0 Å². The van der Waals surface area contributed by atoms with Crippen molar-refractivity contribution in [2.24, 2.45) is 0 Å². The Hall–Kier alpha value is -1.93. The van der Waals surface area contributed by atoms with E-state index in [9.17, 15) is 4.79 Å². The second-order valence-electron chi connectivity index (χ2n) is 5.38. The monoisotopic (exact) mass is 266 g/mol. The van der Waals surface area contributed by atoms with E-state index in [4.69, 9.17) is 4.74 Å². The molecule has 0 bridgehead atoms. The van der Waals surface area contributed by atoms with E-state index in [1.165, 1.54) is 5.56 Å². The van der Waals surface area contributed by atoms with Crippen molar-refractivity contribution < 1.29 is 9.53 Å². The molecule has 20 heavy (non-hydrogen) atoms. The Morgan fingerprint density at radius 1 is 1.15 bits per heavy atom. The molecular formula is C18H18O2. The van der Waals surface area contributed by atoms with Crippen molar-refractivity contribution in [2.45, 2.75) is 26.4 Å². The molecule has 102 valence electrons. The molecule has 0 fully saturated rings. The van der Waals surface area contributed by atoms with Gasteiger partial charge in [-0.2, -0.15) is 0 Å². The number of benzene rings is 2. The third-order valence-electron chi connectivity index (χ3n) is 3.89. The van der Waals surface area contributed by atoms with E-state index in [-0.39, 0.29) is 5.78 Å². The summed E-state index contributed by atoms with van der Waals surface area (Å²) in [4.78, 5) is 12.8. The summed E-state index contributed by atoms with van der Waals surface area (Å²) in [5.41, 5.74) is 5.12. The van der Waals surface area contributed by atoms with Crippen LogP contribution in [0.3, 0.4) is 0 Å². The van der Waals surface area contributed by atoms with Gasteiger partial charge in [-0.1, -0.05) is 42.0 Å². The Labute approximate surface area is 119 Å². The Balaban J connectivity index is 2.02. The molecule has 1 heterocycles. The van der Waals surface area contributed by atoms with Crippen molar-refractivity contribution in [2.75, 3.05) is 6.61 Å². The molecule has 2 nitrogen and oxygen atoms in total. The minimum absolute atomic E-state index is 0.0679. The highest BCUT2D eigenvalue weighted by molar-refractivity contribution is 6.01. The van der Waals surface area contributed by atoms with E-state index in [2.05, 4.69) is 6.07 Å². The Kier molecular flexibility index (Phi) is 3.41. The van der Waals surface area contributed by atoms with E-state index in [1.807, 2.05) is 50.2 Å². The third-order valence-corrected chi connectivity index (χ3v) is 3.89. The first-order valence-electron chi connectivity index (χ1n) is 6.97. The molecule has 0 N–H and O–H groups in total. The van der Waals surface area contributed by atoms with Crippen LogP contribution in [0, 0.1) is 13.8 Å². The van der Waals surface area contributed by atoms with E-state index >= 15 is 0 Å². The van der Waals surface area contributed by atoms with Gasteiger partial charge in [0.25, 0.3) is 0 Å². The zero-order valence-corrected chi connectivity index (χ0v) is 11.8. The fraction of sp³-hybridized carbons (Fsp3) is 0.278. The maximum atomic E-state index is 12.8. The first-order valence-corrected chi connectivity index (χ1v) is 6.97. The van der Waals surface area contributed by atoms with E-state index in [0.29, 0.717) is 6.61 Å². The zero-order valence-electron chi connectivity index (χ0n) is 11.8. The second-order valence-corrected chi connectivity index (χ2v) is 5.38. The van der Waals surface area contributed by atoms with Crippen molar-refractivity contribution in [3.8, 4) is 0 Å². The summed E-state index contributed by atoms with van der Waals surface area (Å²) >= 11 is 0. The lowest BCUT2D eigenvalue weighted by Gasteiger charge is -2.25. The van der Waals surface area contributed by atoms with Crippen molar-refractivity contribution in [3.05, 3.63) is 70.3 Å². The fourth-order valence-corrected chi connectivity index (χ4v) is 2.75. The quantitative estimate of drug-likeness (QED) is 0.773. The Morgan fingerprint density at radius 3 is 2.80 bits per heavy atom. The van der Waals surface area contributed by atoms with Crippen LogP contribution in [0.15, 0.2) is 42.5 Å². The van der Waals surface area contributed by atoms with E-state index in [0.717, 1.165) is 28.7 Å². The van der Waals surface area contributed by atoms with Crippen LogP contribution in [-0.2, 0) is 11.2 Å². The van der Waals surface area contributed by atoms with Crippen LogP contribution in [0.5, 0.6) is 0 Å². The molecule has 0 saturated heterocycles. The van der Waals surface area contributed by atoms with E-state index < -0.39 is 6.10 Å². The smallest absolute Gasteiger partial charge is 0.196 e. The standard InChI is InChI=1S/C18H18O2/c1-12-7-8-13(2)16(11-12)17(19)18-15-6-4-3-5-14(15)9-10-20-18/h3-8,11,18H,9-10H2,1-2H3. The highest BCUT2D eigenvalue weighted by Crippen LogP contribution is 2.30. The summed E-state index contributed by atoms with van der Waals surface area (Å²) < 4.78 is 5.77. The predicted molar refractivity (Wildman–Crippen MR) is 79.1 cm³/mol. The summed E-state index contributed by atoms with van der Waals surface area (Å²) in [7, 11) is 0. The number of ketones is 1. The van der Waals surface area contributed by atoms with Crippen molar-refractivity contribution in [3.63, 3.8) is 0 Å². The summed E-state index contributed by atoms with van der Waals surface area (Å²) in [6.45, 7) is 4.59. The molecule has 0 aromatic heterocycles.